The Kier molecular flexibility index (Phi) is 13.5. The number of fused-ring (bicyclic) bond motifs is 1. The molecule has 2 aromatic carbocycles. The summed E-state index contributed by atoms with van der Waals surface area (Å²) in [5.74, 6) is 0.232. The number of hydrogen-bond acceptors (Lipinski definition) is 8. The van der Waals surface area contributed by atoms with Gasteiger partial charge in [0.15, 0.2) is 11.5 Å². The van der Waals surface area contributed by atoms with Crippen LogP contribution in [0.4, 0.5) is 0 Å². The van der Waals surface area contributed by atoms with Gasteiger partial charge in [-0.15, -0.1) is 0 Å². The molecule has 3 atom stereocenters. The Morgan fingerprint density at radius 1 is 1.02 bits per heavy atom. The van der Waals surface area contributed by atoms with Crippen molar-refractivity contribution < 1.29 is 29.8 Å². The molecule has 8 N–H and O–H groups in total. The van der Waals surface area contributed by atoms with Gasteiger partial charge >= 0.3 is 0 Å². The van der Waals surface area contributed by atoms with E-state index in [1.807, 2.05) is 36.5 Å². The topological polar surface area (TPSA) is 156 Å². The normalized spacial score (nSPS) is 17.0. The maximum Gasteiger partial charge on any atom is 0.227 e. The molecule has 2 aliphatic heterocycles. The van der Waals surface area contributed by atoms with Crippen molar-refractivity contribution in [2.75, 3.05) is 13.3 Å². The summed E-state index contributed by atoms with van der Waals surface area (Å²) in [6.45, 7) is 5.17. The molecule has 0 amide bonds. The summed E-state index contributed by atoms with van der Waals surface area (Å²) in [4.78, 5) is 18.9. The van der Waals surface area contributed by atoms with Crippen molar-refractivity contribution in [2.24, 2.45) is 22.4 Å². The number of nitrogens with zero attached hydrogens (tertiary/aromatic N) is 1. The summed E-state index contributed by atoms with van der Waals surface area (Å²) in [6.07, 6.45) is 11.9. The highest BCUT2D eigenvalue weighted by molar-refractivity contribution is 6.08. The number of phenolic OH excluding ortho intramolecular Hbond substituents is 1. The number of ketones is 1. The minimum Gasteiger partial charge on any atom is -0.504 e. The van der Waals surface area contributed by atoms with Crippen LogP contribution in [0.1, 0.15) is 100 Å². The average Bonchev–Trinajstić information content (AvgIpc) is 3.63. The van der Waals surface area contributed by atoms with Crippen LogP contribution in [0.15, 0.2) is 64.9 Å². The summed E-state index contributed by atoms with van der Waals surface area (Å²) in [6, 6.07) is 10.9. The van der Waals surface area contributed by atoms with E-state index in [1.54, 1.807) is 6.07 Å². The van der Waals surface area contributed by atoms with E-state index in [-0.39, 0.29) is 24.1 Å². The van der Waals surface area contributed by atoms with Crippen molar-refractivity contribution in [3.63, 3.8) is 0 Å². The van der Waals surface area contributed by atoms with Crippen LogP contribution >= 0.6 is 0 Å². The number of carbonyl (C=O) groups is 1. The van der Waals surface area contributed by atoms with Gasteiger partial charge in [-0.25, -0.2) is 0 Å². The predicted octanol–water partition coefficient (Wildman–Crippen LogP) is 4.14. The monoisotopic (exact) mass is 633 g/mol. The molecule has 1 unspecified atom stereocenters. The number of allylic oxidation sites excluding steroid dienone is 1. The van der Waals surface area contributed by atoms with E-state index in [0.717, 1.165) is 89.0 Å². The Morgan fingerprint density at radius 2 is 1.78 bits per heavy atom. The quantitative estimate of drug-likeness (QED) is 0.0946. The molecule has 0 fully saturated rings. The fourth-order valence-corrected chi connectivity index (χ4v) is 6.32. The van der Waals surface area contributed by atoms with Crippen LogP contribution in [0.5, 0.6) is 11.5 Å². The van der Waals surface area contributed by atoms with Crippen LogP contribution in [-0.4, -0.2) is 46.2 Å². The number of aliphatic imine (C=N–C) groups is 1. The second-order valence-electron chi connectivity index (χ2n) is 12.7. The average molecular weight is 634 g/mol. The lowest BCUT2D eigenvalue weighted by atomic mass is 9.86. The van der Waals surface area contributed by atoms with Crippen molar-refractivity contribution in [1.82, 2.24) is 0 Å². The lowest BCUT2D eigenvalue weighted by Crippen LogP contribution is -3.07. The number of aliphatic hydroxyl groups is 2. The van der Waals surface area contributed by atoms with Gasteiger partial charge in [0.2, 0.25) is 6.73 Å². The van der Waals surface area contributed by atoms with E-state index >= 15 is 0 Å². The standard InChI is InChI=1S/C37H52N4O5/c1-3-5-7-9-30(33(43)10-8-6-4-2)34(44)15-11-25-12-16-35(45)36(17-25)46-24-41-21-31-29(20-40-32(31)22-41)19-28-18-26(37(38)39)13-14-27(28)23-42/h12-14,16-18,20-21,30,33,37,42-43,45H,3-11,15,19,22-24,38-39H2,1-2H3/p+1/t30-,33-/m1/s1. The van der Waals surface area contributed by atoms with Gasteiger partial charge in [0.05, 0.1) is 24.4 Å². The first-order valence-electron chi connectivity index (χ1n) is 17.0. The third-order valence-corrected chi connectivity index (χ3v) is 9.14. The lowest BCUT2D eigenvalue weighted by molar-refractivity contribution is -0.851. The third kappa shape index (κ3) is 9.59. The summed E-state index contributed by atoms with van der Waals surface area (Å²) in [7, 11) is 0. The zero-order valence-corrected chi connectivity index (χ0v) is 27.5. The van der Waals surface area contributed by atoms with Gasteiger partial charge in [0, 0.05) is 25.0 Å². The number of quaternary nitrogens is 1. The molecule has 0 spiro atoms. The van der Waals surface area contributed by atoms with Crippen LogP contribution in [0, 0.1) is 5.92 Å². The molecule has 0 aliphatic carbocycles. The summed E-state index contributed by atoms with van der Waals surface area (Å²) in [5, 5.41) is 31.2. The summed E-state index contributed by atoms with van der Waals surface area (Å²) in [5.41, 5.74) is 18.4. The molecule has 2 aliphatic rings. The van der Waals surface area contributed by atoms with Crippen molar-refractivity contribution in [2.45, 2.75) is 103 Å². The number of rotatable bonds is 20. The highest BCUT2D eigenvalue weighted by Crippen LogP contribution is 2.29. The lowest BCUT2D eigenvalue weighted by Gasteiger charge is -2.22. The second-order valence-corrected chi connectivity index (χ2v) is 12.7. The van der Waals surface area contributed by atoms with E-state index in [1.165, 1.54) is 0 Å². The number of aromatic hydroxyl groups is 1. The Morgan fingerprint density at radius 3 is 2.50 bits per heavy atom. The molecular weight excluding hydrogens is 580 g/mol. The predicted molar refractivity (Wildman–Crippen MR) is 181 cm³/mol. The second kappa shape index (κ2) is 17.5. The number of hydrogen-bond donors (Lipinski definition) is 6. The zero-order valence-electron chi connectivity index (χ0n) is 27.5. The first kappa shape index (κ1) is 35.5. The summed E-state index contributed by atoms with van der Waals surface area (Å²) >= 11 is 0. The SMILES string of the molecule is CCCCC[C@@H](O)[C@@H](CCCCC)C(=O)CCc1ccc(O)c(OC[NH+]2C=C3C(Cc4cc(C(N)N)ccc4CO)=CN=C3C2)c1. The van der Waals surface area contributed by atoms with Gasteiger partial charge in [0.1, 0.15) is 24.2 Å². The van der Waals surface area contributed by atoms with Gasteiger partial charge in [0.25, 0.3) is 0 Å². The molecule has 4 rings (SSSR count). The van der Waals surface area contributed by atoms with E-state index in [2.05, 4.69) is 25.0 Å². The first-order chi connectivity index (χ1) is 22.2. The highest BCUT2D eigenvalue weighted by Gasteiger charge is 2.31. The Balaban J connectivity index is 1.34. The van der Waals surface area contributed by atoms with E-state index in [0.29, 0.717) is 44.7 Å². The number of phenols is 1. The number of Topliss-reactive ketones (excluding diaryl/α,β-unsaturated/α-hetero) is 1. The number of nitrogens with two attached hydrogens (primary N) is 2. The van der Waals surface area contributed by atoms with E-state index in [9.17, 15) is 20.1 Å². The first-order valence-corrected chi connectivity index (χ1v) is 17.0. The van der Waals surface area contributed by atoms with Crippen LogP contribution < -0.4 is 21.1 Å². The molecule has 9 nitrogen and oxygen atoms in total. The highest BCUT2D eigenvalue weighted by atomic mass is 16.5. The van der Waals surface area contributed by atoms with Crippen LogP contribution in [0.3, 0.4) is 0 Å². The molecular formula is C37H53N4O5+. The van der Waals surface area contributed by atoms with Crippen LogP contribution in [-0.2, 0) is 24.2 Å². The van der Waals surface area contributed by atoms with Crippen molar-refractivity contribution >= 4 is 11.5 Å². The fraction of sp³-hybridized carbons (Fsp3) is 0.514. The molecule has 2 aromatic rings. The number of carbonyl (C=O) groups excluding carboxylic acids is 1. The Hall–Kier alpha value is -3.34. The van der Waals surface area contributed by atoms with Gasteiger partial charge in [-0.1, -0.05) is 76.6 Å². The molecule has 250 valence electrons. The molecule has 2 heterocycles. The zero-order chi connectivity index (χ0) is 33.1. The molecule has 46 heavy (non-hydrogen) atoms. The smallest absolute Gasteiger partial charge is 0.227 e. The number of aryl methyl sites for hydroxylation is 1. The molecule has 0 saturated heterocycles. The molecule has 0 radical (unpaired) electrons. The van der Waals surface area contributed by atoms with Gasteiger partial charge in [-0.3, -0.25) is 14.7 Å². The molecule has 0 aromatic heterocycles. The minimum atomic E-state index is -0.588. The Bertz CT molecular complexity index is 1420. The number of nitrogens with one attached hydrogen (secondary N) is 1. The van der Waals surface area contributed by atoms with Crippen LogP contribution in [0.2, 0.25) is 0 Å². The van der Waals surface area contributed by atoms with E-state index < -0.39 is 12.3 Å². The molecule has 0 bridgehead atoms. The van der Waals surface area contributed by atoms with Gasteiger partial charge in [-0.05, 0) is 59.2 Å². The number of ether oxygens (including phenoxy) is 1. The van der Waals surface area contributed by atoms with Crippen LogP contribution in [0.25, 0.3) is 0 Å². The maximum absolute atomic E-state index is 13.3. The summed E-state index contributed by atoms with van der Waals surface area (Å²) < 4.78 is 6.08. The minimum absolute atomic E-state index is 0.0535. The van der Waals surface area contributed by atoms with Crippen molar-refractivity contribution in [1.29, 1.82) is 0 Å². The van der Waals surface area contributed by atoms with Crippen molar-refractivity contribution in [3.8, 4) is 11.5 Å². The fourth-order valence-electron chi connectivity index (χ4n) is 6.32. The number of benzene rings is 2. The number of aliphatic hydroxyl groups excluding tert-OH is 2. The Labute approximate surface area is 273 Å². The van der Waals surface area contributed by atoms with Crippen molar-refractivity contribution in [3.05, 3.63) is 82.2 Å². The molecule has 0 saturated carbocycles. The number of unbranched alkanes of at least 4 members (excludes halogenated alkanes) is 4. The van der Waals surface area contributed by atoms with E-state index in [4.69, 9.17) is 16.2 Å². The van der Waals surface area contributed by atoms with Gasteiger partial charge < -0.3 is 31.5 Å². The van der Waals surface area contributed by atoms with Gasteiger partial charge in [-0.2, -0.15) is 0 Å². The molecule has 9 heteroatoms. The third-order valence-electron chi connectivity index (χ3n) is 9.14. The largest absolute Gasteiger partial charge is 0.504 e. The maximum atomic E-state index is 13.3.